The first kappa shape index (κ1) is 9.76. The molecule has 1 N–H and O–H groups in total. The Hall–Kier alpha value is -1.33. The summed E-state index contributed by atoms with van der Waals surface area (Å²) >= 11 is 0. The van der Waals surface area contributed by atoms with Crippen LogP contribution in [-0.2, 0) is 0 Å². The lowest BCUT2D eigenvalue weighted by atomic mass is 10.0. The Morgan fingerprint density at radius 3 is 2.77 bits per heavy atom. The fourth-order valence-electron chi connectivity index (χ4n) is 1.39. The van der Waals surface area contributed by atoms with Crippen molar-refractivity contribution in [3.8, 4) is 6.07 Å². The predicted octanol–water partition coefficient (Wildman–Crippen LogP) is 2.23. The molecule has 2 nitrogen and oxygen atoms in total. The molecule has 0 amide bonds. The van der Waals surface area contributed by atoms with Gasteiger partial charge in [0.15, 0.2) is 0 Å². The molecule has 0 aliphatic heterocycles. The van der Waals surface area contributed by atoms with Crippen LogP contribution in [0.3, 0.4) is 0 Å². The summed E-state index contributed by atoms with van der Waals surface area (Å²) < 4.78 is 0. The minimum atomic E-state index is 0.251. The lowest BCUT2D eigenvalue weighted by Gasteiger charge is -2.13. The first-order valence-corrected chi connectivity index (χ1v) is 4.52. The van der Waals surface area contributed by atoms with Crippen LogP contribution >= 0.6 is 0 Å². The van der Waals surface area contributed by atoms with Crippen molar-refractivity contribution in [2.75, 3.05) is 6.54 Å². The number of rotatable bonds is 3. The van der Waals surface area contributed by atoms with E-state index in [9.17, 15) is 0 Å². The van der Waals surface area contributed by atoms with Gasteiger partial charge in [-0.1, -0.05) is 25.1 Å². The van der Waals surface area contributed by atoms with Crippen LogP contribution in [0.1, 0.15) is 31.0 Å². The topological polar surface area (TPSA) is 35.8 Å². The minimum Gasteiger partial charge on any atom is -0.310 e. The van der Waals surface area contributed by atoms with Gasteiger partial charge in [-0.25, -0.2) is 0 Å². The van der Waals surface area contributed by atoms with Crippen molar-refractivity contribution < 1.29 is 0 Å². The zero-order valence-electron chi connectivity index (χ0n) is 8.04. The quantitative estimate of drug-likeness (QED) is 0.762. The molecule has 0 spiro atoms. The van der Waals surface area contributed by atoms with Crippen LogP contribution in [0.2, 0.25) is 0 Å². The second-order valence-electron chi connectivity index (χ2n) is 2.98. The number of benzene rings is 1. The smallest absolute Gasteiger partial charge is 0.0995 e. The summed E-state index contributed by atoms with van der Waals surface area (Å²) in [6.07, 6.45) is 0. The van der Waals surface area contributed by atoms with E-state index < -0.39 is 0 Å². The molecule has 0 heterocycles. The fraction of sp³-hybridized carbons (Fsp3) is 0.364. The second kappa shape index (κ2) is 4.64. The summed E-state index contributed by atoms with van der Waals surface area (Å²) in [7, 11) is 0. The SMILES string of the molecule is CCNC(C)c1ccccc1C#N. The van der Waals surface area contributed by atoms with Gasteiger partial charge >= 0.3 is 0 Å². The van der Waals surface area contributed by atoms with Crippen molar-refractivity contribution in [1.82, 2.24) is 5.32 Å². The van der Waals surface area contributed by atoms with Gasteiger partial charge in [0, 0.05) is 6.04 Å². The monoisotopic (exact) mass is 174 g/mol. The summed E-state index contributed by atoms with van der Waals surface area (Å²) in [6, 6.07) is 10.1. The molecule has 0 saturated heterocycles. The molecule has 0 fully saturated rings. The number of nitriles is 1. The Bertz CT molecular complexity index is 312. The Morgan fingerprint density at radius 2 is 2.15 bits per heavy atom. The van der Waals surface area contributed by atoms with E-state index in [1.165, 1.54) is 0 Å². The Balaban J connectivity index is 2.93. The first-order chi connectivity index (χ1) is 6.29. The van der Waals surface area contributed by atoms with Crippen molar-refractivity contribution in [2.24, 2.45) is 0 Å². The summed E-state index contributed by atoms with van der Waals surface area (Å²) in [5.74, 6) is 0. The van der Waals surface area contributed by atoms with Gasteiger partial charge in [0.1, 0.15) is 0 Å². The Kier molecular flexibility index (Phi) is 3.48. The zero-order chi connectivity index (χ0) is 9.68. The van der Waals surface area contributed by atoms with Crippen molar-refractivity contribution in [1.29, 1.82) is 5.26 Å². The Labute approximate surface area is 79.2 Å². The Morgan fingerprint density at radius 1 is 1.46 bits per heavy atom. The molecule has 68 valence electrons. The largest absolute Gasteiger partial charge is 0.310 e. The molecule has 1 unspecified atom stereocenters. The summed E-state index contributed by atoms with van der Waals surface area (Å²) in [4.78, 5) is 0. The van der Waals surface area contributed by atoms with Crippen molar-refractivity contribution in [2.45, 2.75) is 19.9 Å². The van der Waals surface area contributed by atoms with Crippen molar-refractivity contribution in [3.63, 3.8) is 0 Å². The molecule has 0 saturated carbocycles. The van der Waals surface area contributed by atoms with E-state index in [-0.39, 0.29) is 6.04 Å². The standard InChI is InChI=1S/C11H14N2/c1-3-13-9(2)11-7-5-4-6-10(11)8-12/h4-7,9,13H,3H2,1-2H3. The third-order valence-electron chi connectivity index (χ3n) is 2.06. The minimum absolute atomic E-state index is 0.251. The van der Waals surface area contributed by atoms with Crippen LogP contribution in [0.4, 0.5) is 0 Å². The second-order valence-corrected chi connectivity index (χ2v) is 2.98. The predicted molar refractivity (Wildman–Crippen MR) is 53.2 cm³/mol. The highest BCUT2D eigenvalue weighted by Crippen LogP contribution is 2.16. The van der Waals surface area contributed by atoms with E-state index in [0.29, 0.717) is 0 Å². The molecule has 13 heavy (non-hydrogen) atoms. The summed E-state index contributed by atoms with van der Waals surface area (Å²) in [6.45, 7) is 5.05. The lowest BCUT2D eigenvalue weighted by molar-refractivity contribution is 0.597. The highest BCUT2D eigenvalue weighted by atomic mass is 14.9. The molecule has 0 aliphatic carbocycles. The van der Waals surface area contributed by atoms with E-state index in [4.69, 9.17) is 5.26 Å². The van der Waals surface area contributed by atoms with Gasteiger partial charge in [0.05, 0.1) is 11.6 Å². The van der Waals surface area contributed by atoms with Crippen LogP contribution in [-0.4, -0.2) is 6.54 Å². The molecule has 1 aromatic rings. The molecule has 1 aromatic carbocycles. The maximum absolute atomic E-state index is 8.86. The number of hydrogen-bond acceptors (Lipinski definition) is 2. The number of nitrogens with one attached hydrogen (secondary N) is 1. The fourth-order valence-corrected chi connectivity index (χ4v) is 1.39. The van der Waals surface area contributed by atoms with Crippen molar-refractivity contribution in [3.05, 3.63) is 35.4 Å². The summed E-state index contributed by atoms with van der Waals surface area (Å²) in [5, 5.41) is 12.1. The van der Waals surface area contributed by atoms with Gasteiger partial charge in [0.2, 0.25) is 0 Å². The van der Waals surface area contributed by atoms with Crippen LogP contribution in [0.15, 0.2) is 24.3 Å². The van der Waals surface area contributed by atoms with E-state index in [2.05, 4.69) is 25.2 Å². The molecular weight excluding hydrogens is 160 g/mol. The molecule has 0 bridgehead atoms. The molecule has 0 aromatic heterocycles. The molecule has 0 aliphatic rings. The molecule has 1 rings (SSSR count). The molecule has 1 atom stereocenters. The lowest BCUT2D eigenvalue weighted by Crippen LogP contribution is -2.18. The maximum atomic E-state index is 8.86. The third kappa shape index (κ3) is 2.30. The zero-order valence-corrected chi connectivity index (χ0v) is 8.04. The van der Waals surface area contributed by atoms with Gasteiger partial charge in [-0.15, -0.1) is 0 Å². The first-order valence-electron chi connectivity index (χ1n) is 4.52. The van der Waals surface area contributed by atoms with E-state index in [1.54, 1.807) is 0 Å². The number of hydrogen-bond donors (Lipinski definition) is 1. The molecule has 0 radical (unpaired) electrons. The van der Waals surface area contributed by atoms with Crippen LogP contribution in [0.25, 0.3) is 0 Å². The average molecular weight is 174 g/mol. The normalized spacial score (nSPS) is 12.1. The van der Waals surface area contributed by atoms with Gasteiger partial charge in [-0.3, -0.25) is 0 Å². The third-order valence-corrected chi connectivity index (χ3v) is 2.06. The van der Waals surface area contributed by atoms with Crippen LogP contribution < -0.4 is 5.32 Å². The van der Waals surface area contributed by atoms with Crippen LogP contribution in [0, 0.1) is 11.3 Å². The average Bonchev–Trinajstić information content (AvgIpc) is 2.18. The maximum Gasteiger partial charge on any atom is 0.0995 e. The highest BCUT2D eigenvalue weighted by Gasteiger charge is 2.07. The van der Waals surface area contributed by atoms with Crippen molar-refractivity contribution >= 4 is 0 Å². The molecular formula is C11H14N2. The van der Waals surface area contributed by atoms with Gasteiger partial charge < -0.3 is 5.32 Å². The van der Waals surface area contributed by atoms with E-state index in [0.717, 1.165) is 17.7 Å². The summed E-state index contributed by atoms with van der Waals surface area (Å²) in [5.41, 5.74) is 1.84. The van der Waals surface area contributed by atoms with E-state index >= 15 is 0 Å². The molecule has 2 heteroatoms. The van der Waals surface area contributed by atoms with Gasteiger partial charge in [-0.05, 0) is 25.1 Å². The van der Waals surface area contributed by atoms with Gasteiger partial charge in [-0.2, -0.15) is 5.26 Å². The van der Waals surface area contributed by atoms with Gasteiger partial charge in [0.25, 0.3) is 0 Å². The highest BCUT2D eigenvalue weighted by molar-refractivity contribution is 5.39. The van der Waals surface area contributed by atoms with E-state index in [1.807, 2.05) is 24.3 Å². The van der Waals surface area contributed by atoms with Crippen LogP contribution in [0.5, 0.6) is 0 Å². The number of nitrogens with zero attached hydrogens (tertiary/aromatic N) is 1.